The van der Waals surface area contributed by atoms with Crippen LogP contribution in [0.25, 0.3) is 0 Å². The topological polar surface area (TPSA) is 44.4 Å². The van der Waals surface area contributed by atoms with Gasteiger partial charge in [0.2, 0.25) is 5.91 Å². The van der Waals surface area contributed by atoms with Crippen LogP contribution in [0.5, 0.6) is 0 Å². The number of nitrogens with zero attached hydrogens (tertiary/aromatic N) is 1. The Labute approximate surface area is 123 Å². The second-order valence-electron chi connectivity index (χ2n) is 6.72. The van der Waals surface area contributed by atoms with E-state index in [1.807, 2.05) is 0 Å². The molecule has 0 aromatic heterocycles. The molecule has 20 heavy (non-hydrogen) atoms. The normalized spacial score (nSPS) is 31.1. The van der Waals surface area contributed by atoms with Crippen molar-refractivity contribution < 1.29 is 4.79 Å². The van der Waals surface area contributed by atoms with Crippen LogP contribution in [0.1, 0.15) is 46.5 Å². The van der Waals surface area contributed by atoms with Gasteiger partial charge in [0.15, 0.2) is 0 Å². The molecule has 4 heteroatoms. The molecule has 3 atom stereocenters. The largest absolute Gasteiger partial charge is 0.352 e. The van der Waals surface area contributed by atoms with E-state index in [1.54, 1.807) is 0 Å². The zero-order valence-corrected chi connectivity index (χ0v) is 13.3. The van der Waals surface area contributed by atoms with Gasteiger partial charge in [-0.1, -0.05) is 33.6 Å². The summed E-state index contributed by atoms with van der Waals surface area (Å²) in [7, 11) is 0. The van der Waals surface area contributed by atoms with Crippen molar-refractivity contribution >= 4 is 5.91 Å². The first-order valence-corrected chi connectivity index (χ1v) is 8.36. The predicted molar refractivity (Wildman–Crippen MR) is 82.6 cm³/mol. The van der Waals surface area contributed by atoms with Gasteiger partial charge in [-0.15, -0.1) is 0 Å². The molecule has 0 spiro atoms. The van der Waals surface area contributed by atoms with Gasteiger partial charge in [-0.2, -0.15) is 0 Å². The van der Waals surface area contributed by atoms with Crippen LogP contribution in [0.15, 0.2) is 0 Å². The number of nitrogens with one attached hydrogen (secondary N) is 2. The van der Waals surface area contributed by atoms with Crippen LogP contribution < -0.4 is 10.6 Å². The maximum absolute atomic E-state index is 12.3. The summed E-state index contributed by atoms with van der Waals surface area (Å²) in [6.07, 6.45) is 4.82. The molecule has 1 amide bonds. The summed E-state index contributed by atoms with van der Waals surface area (Å²) in [6, 6.07) is 0.942. The Bertz CT molecular complexity index is 309. The summed E-state index contributed by atoms with van der Waals surface area (Å²) in [5, 5.41) is 6.58. The van der Waals surface area contributed by atoms with E-state index in [4.69, 9.17) is 0 Å². The third-order valence-corrected chi connectivity index (χ3v) is 5.19. The van der Waals surface area contributed by atoms with Crippen molar-refractivity contribution in [3.63, 3.8) is 0 Å². The fraction of sp³-hybridized carbons (Fsp3) is 0.938. The third kappa shape index (κ3) is 3.95. The summed E-state index contributed by atoms with van der Waals surface area (Å²) in [4.78, 5) is 14.7. The first kappa shape index (κ1) is 15.8. The minimum absolute atomic E-state index is 0.219. The smallest absolute Gasteiger partial charge is 0.234 e. The Hall–Kier alpha value is -0.610. The highest BCUT2D eigenvalue weighted by atomic mass is 16.2. The second kappa shape index (κ2) is 7.41. The lowest BCUT2D eigenvalue weighted by atomic mass is 9.78. The molecular formula is C16H31N3O. The van der Waals surface area contributed by atoms with Crippen molar-refractivity contribution in [2.75, 3.05) is 26.2 Å². The van der Waals surface area contributed by atoms with Crippen molar-refractivity contribution in [3.05, 3.63) is 0 Å². The fourth-order valence-electron chi connectivity index (χ4n) is 3.43. The molecule has 2 fully saturated rings. The van der Waals surface area contributed by atoms with Gasteiger partial charge in [-0.25, -0.2) is 0 Å². The van der Waals surface area contributed by atoms with E-state index in [0.717, 1.165) is 38.4 Å². The summed E-state index contributed by atoms with van der Waals surface area (Å²) in [6.45, 7) is 10.4. The van der Waals surface area contributed by atoms with Crippen LogP contribution in [0, 0.1) is 11.8 Å². The Morgan fingerprint density at radius 3 is 2.65 bits per heavy atom. The molecule has 1 saturated heterocycles. The molecule has 0 aromatic carbocycles. The van der Waals surface area contributed by atoms with Gasteiger partial charge in [0.25, 0.3) is 0 Å². The van der Waals surface area contributed by atoms with Crippen LogP contribution in [-0.2, 0) is 4.79 Å². The molecule has 2 N–H and O–H groups in total. The summed E-state index contributed by atoms with van der Waals surface area (Å²) >= 11 is 0. The third-order valence-electron chi connectivity index (χ3n) is 5.19. The number of rotatable bonds is 6. The van der Waals surface area contributed by atoms with E-state index in [-0.39, 0.29) is 5.91 Å². The van der Waals surface area contributed by atoms with E-state index in [9.17, 15) is 4.79 Å². The maximum Gasteiger partial charge on any atom is 0.234 e. The molecule has 0 bridgehead atoms. The van der Waals surface area contributed by atoms with E-state index in [1.165, 1.54) is 12.8 Å². The molecule has 4 nitrogen and oxygen atoms in total. The number of amides is 1. The highest BCUT2D eigenvalue weighted by Gasteiger charge is 2.30. The standard InChI is InChI=1S/C16H31N3O/c1-4-8-19(14-9-17-10-14)11-16(20)18-15-7-5-6-12(2)13(15)3/h12-15,17H,4-11H2,1-3H3,(H,18,20). The van der Waals surface area contributed by atoms with Crippen molar-refractivity contribution in [2.45, 2.75) is 58.5 Å². The average Bonchev–Trinajstić information content (AvgIpc) is 2.33. The molecule has 0 radical (unpaired) electrons. The van der Waals surface area contributed by atoms with E-state index in [2.05, 4.69) is 36.3 Å². The summed E-state index contributed by atoms with van der Waals surface area (Å²) in [5.74, 6) is 1.56. The Morgan fingerprint density at radius 1 is 1.30 bits per heavy atom. The Kier molecular flexibility index (Phi) is 5.85. The molecule has 0 aromatic rings. The van der Waals surface area contributed by atoms with Crippen LogP contribution in [0.4, 0.5) is 0 Å². The van der Waals surface area contributed by atoms with Gasteiger partial charge in [0.05, 0.1) is 6.54 Å². The number of carbonyl (C=O) groups is 1. The lowest BCUT2D eigenvalue weighted by Crippen LogP contribution is -2.59. The minimum Gasteiger partial charge on any atom is -0.352 e. The molecule has 1 heterocycles. The maximum atomic E-state index is 12.3. The molecule has 2 aliphatic rings. The van der Waals surface area contributed by atoms with Gasteiger partial charge in [-0.05, 0) is 31.2 Å². The monoisotopic (exact) mass is 281 g/mol. The summed E-state index contributed by atoms with van der Waals surface area (Å²) in [5.41, 5.74) is 0. The zero-order chi connectivity index (χ0) is 14.5. The summed E-state index contributed by atoms with van der Waals surface area (Å²) < 4.78 is 0. The lowest BCUT2D eigenvalue weighted by molar-refractivity contribution is -0.124. The molecule has 2 rings (SSSR count). The molecule has 1 saturated carbocycles. The molecule has 1 aliphatic heterocycles. The van der Waals surface area contributed by atoms with Crippen molar-refractivity contribution in [1.82, 2.24) is 15.5 Å². The quantitative estimate of drug-likeness (QED) is 0.777. The van der Waals surface area contributed by atoms with Crippen LogP contribution in [0.2, 0.25) is 0 Å². The molecule has 1 aliphatic carbocycles. The Morgan fingerprint density at radius 2 is 2.05 bits per heavy atom. The second-order valence-corrected chi connectivity index (χ2v) is 6.72. The van der Waals surface area contributed by atoms with Gasteiger partial charge in [0.1, 0.15) is 0 Å². The lowest BCUT2D eigenvalue weighted by Gasteiger charge is -2.39. The fourth-order valence-corrected chi connectivity index (χ4v) is 3.43. The highest BCUT2D eigenvalue weighted by molar-refractivity contribution is 5.78. The van der Waals surface area contributed by atoms with Gasteiger partial charge < -0.3 is 10.6 Å². The van der Waals surface area contributed by atoms with E-state index < -0.39 is 0 Å². The van der Waals surface area contributed by atoms with E-state index >= 15 is 0 Å². The van der Waals surface area contributed by atoms with Crippen molar-refractivity contribution in [2.24, 2.45) is 11.8 Å². The van der Waals surface area contributed by atoms with Gasteiger partial charge >= 0.3 is 0 Å². The molecular weight excluding hydrogens is 250 g/mol. The number of carbonyl (C=O) groups excluding carboxylic acids is 1. The zero-order valence-electron chi connectivity index (χ0n) is 13.3. The number of hydrogen-bond acceptors (Lipinski definition) is 3. The molecule has 116 valence electrons. The van der Waals surface area contributed by atoms with Crippen molar-refractivity contribution in [3.8, 4) is 0 Å². The van der Waals surface area contributed by atoms with Crippen molar-refractivity contribution in [1.29, 1.82) is 0 Å². The SMILES string of the molecule is CCCN(CC(=O)NC1CCCC(C)C1C)C1CNC1. The van der Waals surface area contributed by atoms with Gasteiger partial charge in [0, 0.05) is 25.2 Å². The van der Waals surface area contributed by atoms with Crippen LogP contribution in [0.3, 0.4) is 0 Å². The average molecular weight is 281 g/mol. The van der Waals surface area contributed by atoms with Crippen LogP contribution >= 0.6 is 0 Å². The Balaban J connectivity index is 1.80. The minimum atomic E-state index is 0.219. The first-order chi connectivity index (χ1) is 9.61. The molecule has 3 unspecified atom stereocenters. The highest BCUT2D eigenvalue weighted by Crippen LogP contribution is 2.29. The van der Waals surface area contributed by atoms with Gasteiger partial charge in [-0.3, -0.25) is 9.69 Å². The van der Waals surface area contributed by atoms with Crippen LogP contribution in [-0.4, -0.2) is 49.1 Å². The number of hydrogen-bond donors (Lipinski definition) is 2. The van der Waals surface area contributed by atoms with E-state index in [0.29, 0.717) is 24.5 Å². The first-order valence-electron chi connectivity index (χ1n) is 8.36. The predicted octanol–water partition coefficient (Wildman–Crippen LogP) is 1.61.